The van der Waals surface area contributed by atoms with Crippen molar-refractivity contribution < 1.29 is 14.3 Å². The highest BCUT2D eigenvalue weighted by atomic mass is 32.2. The van der Waals surface area contributed by atoms with Gasteiger partial charge in [0.05, 0.1) is 11.4 Å². The van der Waals surface area contributed by atoms with Crippen molar-refractivity contribution in [2.75, 3.05) is 12.5 Å². The molecule has 0 amide bonds. The SMILES string of the molecule is Cc1ccc(C(=O)CSc2ccc(-c3ccc4c(c3)OCO4)nn2)cc1. The molecule has 1 aromatic heterocycles. The lowest BCUT2D eigenvalue weighted by Crippen LogP contribution is -2.02. The summed E-state index contributed by atoms with van der Waals surface area (Å²) in [5.74, 6) is 1.87. The maximum atomic E-state index is 12.2. The predicted octanol–water partition coefficient (Wildman–Crippen LogP) is 4.16. The van der Waals surface area contributed by atoms with Gasteiger partial charge in [-0.1, -0.05) is 41.6 Å². The Kier molecular flexibility index (Phi) is 4.58. The van der Waals surface area contributed by atoms with E-state index in [1.54, 1.807) is 0 Å². The van der Waals surface area contributed by atoms with Gasteiger partial charge in [-0.25, -0.2) is 0 Å². The van der Waals surface area contributed by atoms with E-state index in [2.05, 4.69) is 10.2 Å². The highest BCUT2D eigenvalue weighted by Crippen LogP contribution is 2.35. The highest BCUT2D eigenvalue weighted by molar-refractivity contribution is 7.99. The molecule has 0 bridgehead atoms. The molecule has 4 rings (SSSR count). The molecule has 0 saturated carbocycles. The Balaban J connectivity index is 1.41. The van der Waals surface area contributed by atoms with Crippen LogP contribution in [0.5, 0.6) is 11.5 Å². The standard InChI is InChI=1S/C20H16N2O3S/c1-13-2-4-14(5-3-13)17(23)11-26-20-9-7-16(21-22-20)15-6-8-18-19(10-15)25-12-24-18/h2-10H,11-12H2,1H3. The van der Waals surface area contributed by atoms with Crippen LogP contribution in [0.1, 0.15) is 15.9 Å². The number of carbonyl (C=O) groups is 1. The average Bonchev–Trinajstić information content (AvgIpc) is 3.15. The Labute approximate surface area is 155 Å². The van der Waals surface area contributed by atoms with Gasteiger partial charge >= 0.3 is 0 Å². The Morgan fingerprint density at radius 1 is 1.00 bits per heavy atom. The van der Waals surface area contributed by atoms with Gasteiger partial charge in [-0.05, 0) is 37.3 Å². The van der Waals surface area contributed by atoms with Crippen LogP contribution in [0.15, 0.2) is 59.6 Å². The summed E-state index contributed by atoms with van der Waals surface area (Å²) in [6.45, 7) is 2.25. The van der Waals surface area contributed by atoms with E-state index in [0.29, 0.717) is 17.1 Å². The molecule has 0 atom stereocenters. The molecule has 26 heavy (non-hydrogen) atoms. The molecular formula is C20H16N2O3S. The fraction of sp³-hybridized carbons (Fsp3) is 0.150. The maximum Gasteiger partial charge on any atom is 0.231 e. The van der Waals surface area contributed by atoms with Gasteiger partial charge in [-0.3, -0.25) is 4.79 Å². The fourth-order valence-electron chi connectivity index (χ4n) is 2.57. The molecule has 0 saturated heterocycles. The first-order valence-electron chi connectivity index (χ1n) is 8.15. The third kappa shape index (κ3) is 3.55. The fourth-order valence-corrected chi connectivity index (χ4v) is 3.28. The van der Waals surface area contributed by atoms with Gasteiger partial charge in [-0.15, -0.1) is 10.2 Å². The molecule has 2 aromatic carbocycles. The summed E-state index contributed by atoms with van der Waals surface area (Å²) < 4.78 is 10.7. The average molecular weight is 364 g/mol. The maximum absolute atomic E-state index is 12.2. The number of hydrogen-bond acceptors (Lipinski definition) is 6. The second-order valence-corrected chi connectivity index (χ2v) is 6.90. The molecule has 0 aliphatic carbocycles. The second kappa shape index (κ2) is 7.17. The van der Waals surface area contributed by atoms with Gasteiger partial charge in [-0.2, -0.15) is 0 Å². The summed E-state index contributed by atoms with van der Waals surface area (Å²) in [5.41, 5.74) is 3.51. The van der Waals surface area contributed by atoms with E-state index in [0.717, 1.165) is 27.6 Å². The molecule has 0 spiro atoms. The smallest absolute Gasteiger partial charge is 0.231 e. The summed E-state index contributed by atoms with van der Waals surface area (Å²) in [5, 5.41) is 9.19. The van der Waals surface area contributed by atoms with Crippen molar-refractivity contribution in [3.05, 3.63) is 65.7 Å². The number of ketones is 1. The number of aromatic nitrogens is 2. The van der Waals surface area contributed by atoms with Crippen molar-refractivity contribution in [2.24, 2.45) is 0 Å². The van der Waals surface area contributed by atoms with E-state index >= 15 is 0 Å². The Morgan fingerprint density at radius 2 is 1.81 bits per heavy atom. The van der Waals surface area contributed by atoms with Crippen molar-refractivity contribution in [1.82, 2.24) is 10.2 Å². The monoisotopic (exact) mass is 364 g/mol. The van der Waals surface area contributed by atoms with Gasteiger partial charge < -0.3 is 9.47 Å². The molecule has 130 valence electrons. The number of nitrogens with zero attached hydrogens (tertiary/aromatic N) is 2. The molecule has 6 heteroatoms. The van der Waals surface area contributed by atoms with Crippen LogP contribution in [-0.4, -0.2) is 28.5 Å². The number of thioether (sulfide) groups is 1. The molecule has 3 aromatic rings. The van der Waals surface area contributed by atoms with Crippen LogP contribution in [0.3, 0.4) is 0 Å². The van der Waals surface area contributed by atoms with Crippen LogP contribution in [0.2, 0.25) is 0 Å². The topological polar surface area (TPSA) is 61.3 Å². The van der Waals surface area contributed by atoms with E-state index < -0.39 is 0 Å². The molecule has 1 aliphatic heterocycles. The number of benzene rings is 2. The van der Waals surface area contributed by atoms with E-state index in [1.807, 2.05) is 61.5 Å². The summed E-state index contributed by atoms with van der Waals surface area (Å²) in [6, 6.07) is 17.0. The Morgan fingerprint density at radius 3 is 2.58 bits per heavy atom. The van der Waals surface area contributed by atoms with Crippen molar-refractivity contribution in [1.29, 1.82) is 0 Å². The Hall–Kier alpha value is -2.86. The largest absolute Gasteiger partial charge is 0.454 e. The number of hydrogen-bond donors (Lipinski definition) is 0. The van der Waals surface area contributed by atoms with Crippen LogP contribution in [-0.2, 0) is 0 Å². The van der Waals surface area contributed by atoms with Crippen LogP contribution in [0.4, 0.5) is 0 Å². The van der Waals surface area contributed by atoms with Gasteiger partial charge in [0.1, 0.15) is 5.03 Å². The molecule has 2 heterocycles. The minimum atomic E-state index is 0.0802. The first-order valence-corrected chi connectivity index (χ1v) is 9.14. The molecule has 0 radical (unpaired) electrons. The van der Waals surface area contributed by atoms with Crippen LogP contribution in [0.25, 0.3) is 11.3 Å². The van der Waals surface area contributed by atoms with E-state index in [4.69, 9.17) is 9.47 Å². The van der Waals surface area contributed by atoms with Crippen LogP contribution >= 0.6 is 11.8 Å². The van der Waals surface area contributed by atoms with Gasteiger partial charge in [0.25, 0.3) is 0 Å². The number of carbonyl (C=O) groups excluding carboxylic acids is 1. The molecular weight excluding hydrogens is 348 g/mol. The van der Waals surface area contributed by atoms with E-state index in [9.17, 15) is 4.79 Å². The zero-order valence-corrected chi connectivity index (χ0v) is 15.0. The summed E-state index contributed by atoms with van der Waals surface area (Å²) in [6.07, 6.45) is 0. The summed E-state index contributed by atoms with van der Waals surface area (Å²) in [4.78, 5) is 12.2. The van der Waals surface area contributed by atoms with Gasteiger partial charge in [0.15, 0.2) is 17.3 Å². The first kappa shape index (κ1) is 16.6. The lowest BCUT2D eigenvalue weighted by atomic mass is 10.1. The molecule has 1 aliphatic rings. The van der Waals surface area contributed by atoms with Crippen LogP contribution < -0.4 is 9.47 Å². The summed E-state index contributed by atoms with van der Waals surface area (Å²) in [7, 11) is 0. The third-order valence-electron chi connectivity index (χ3n) is 4.03. The first-order chi connectivity index (χ1) is 12.7. The second-order valence-electron chi connectivity index (χ2n) is 5.90. The molecule has 0 fully saturated rings. The van der Waals surface area contributed by atoms with E-state index in [-0.39, 0.29) is 12.6 Å². The van der Waals surface area contributed by atoms with Crippen molar-refractivity contribution in [2.45, 2.75) is 11.9 Å². The molecule has 5 nitrogen and oxygen atoms in total. The molecule has 0 unspecified atom stereocenters. The van der Waals surface area contributed by atoms with Crippen molar-refractivity contribution in [3.8, 4) is 22.8 Å². The minimum Gasteiger partial charge on any atom is -0.454 e. The zero-order valence-electron chi connectivity index (χ0n) is 14.1. The normalized spacial score (nSPS) is 12.2. The van der Waals surface area contributed by atoms with E-state index in [1.165, 1.54) is 11.8 Å². The third-order valence-corrected chi connectivity index (χ3v) is 4.95. The van der Waals surface area contributed by atoms with Crippen LogP contribution in [0, 0.1) is 6.92 Å². The lowest BCUT2D eigenvalue weighted by molar-refractivity contribution is 0.102. The number of rotatable bonds is 5. The number of ether oxygens (including phenoxy) is 2. The van der Waals surface area contributed by atoms with Gasteiger partial charge in [0, 0.05) is 11.1 Å². The minimum absolute atomic E-state index is 0.0802. The van der Waals surface area contributed by atoms with Gasteiger partial charge in [0.2, 0.25) is 6.79 Å². The zero-order chi connectivity index (χ0) is 17.9. The number of fused-ring (bicyclic) bond motifs is 1. The van der Waals surface area contributed by atoms with Crippen molar-refractivity contribution >= 4 is 17.5 Å². The predicted molar refractivity (Wildman–Crippen MR) is 99.8 cm³/mol. The quantitative estimate of drug-likeness (QED) is 0.500. The van der Waals surface area contributed by atoms with Crippen molar-refractivity contribution in [3.63, 3.8) is 0 Å². The highest BCUT2D eigenvalue weighted by Gasteiger charge is 2.14. The Bertz CT molecular complexity index is 940. The summed E-state index contributed by atoms with van der Waals surface area (Å²) >= 11 is 1.38. The molecule has 0 N–H and O–H groups in total. The lowest BCUT2D eigenvalue weighted by Gasteiger charge is -2.04. The number of aryl methyl sites for hydroxylation is 1. The number of Topliss-reactive ketones (excluding diaryl/α,β-unsaturated/α-hetero) is 1.